The van der Waals surface area contributed by atoms with Crippen LogP contribution < -0.4 is 0 Å². The number of aliphatic carboxylic acids is 1. The Bertz CT molecular complexity index is 308. The SMILES string of the molecule is CC/C=C\CC(O)C/C=C\CCCCCCCCCC(=O)O. The second-order valence-electron chi connectivity index (χ2n) is 5.88. The minimum absolute atomic E-state index is 0.246. The van der Waals surface area contributed by atoms with Gasteiger partial charge in [-0.15, -0.1) is 0 Å². The summed E-state index contributed by atoms with van der Waals surface area (Å²) in [5.41, 5.74) is 0. The molecule has 0 aromatic rings. The van der Waals surface area contributed by atoms with Crippen molar-refractivity contribution in [3.05, 3.63) is 24.3 Å². The van der Waals surface area contributed by atoms with Gasteiger partial charge < -0.3 is 10.2 Å². The van der Waals surface area contributed by atoms with Crippen LogP contribution in [0.25, 0.3) is 0 Å². The zero-order valence-electron chi connectivity index (χ0n) is 14.2. The third-order valence-corrected chi connectivity index (χ3v) is 3.65. The molecule has 0 heterocycles. The van der Waals surface area contributed by atoms with Crippen molar-refractivity contribution in [3.63, 3.8) is 0 Å². The number of hydrogen-bond acceptors (Lipinski definition) is 2. The number of carboxylic acids is 1. The van der Waals surface area contributed by atoms with Gasteiger partial charge in [0.15, 0.2) is 0 Å². The Morgan fingerprint density at radius 1 is 0.864 bits per heavy atom. The molecule has 0 amide bonds. The second kappa shape index (κ2) is 16.3. The van der Waals surface area contributed by atoms with Crippen LogP contribution in [-0.2, 0) is 4.79 Å². The van der Waals surface area contributed by atoms with Crippen LogP contribution in [-0.4, -0.2) is 22.3 Å². The summed E-state index contributed by atoms with van der Waals surface area (Å²) >= 11 is 0. The number of aliphatic hydroxyl groups excluding tert-OH is 1. The van der Waals surface area contributed by atoms with Crippen LogP contribution in [0, 0.1) is 0 Å². The van der Waals surface area contributed by atoms with E-state index < -0.39 is 5.97 Å². The first-order chi connectivity index (χ1) is 10.7. The van der Waals surface area contributed by atoms with Crippen molar-refractivity contribution in [3.8, 4) is 0 Å². The highest BCUT2D eigenvalue weighted by Gasteiger charge is 1.98. The lowest BCUT2D eigenvalue weighted by molar-refractivity contribution is -0.137. The van der Waals surface area contributed by atoms with Crippen molar-refractivity contribution >= 4 is 5.97 Å². The van der Waals surface area contributed by atoms with E-state index in [0.717, 1.165) is 44.9 Å². The van der Waals surface area contributed by atoms with Crippen LogP contribution in [0.1, 0.15) is 84.0 Å². The maximum Gasteiger partial charge on any atom is 0.303 e. The number of carboxylic acid groups (broad SMARTS) is 1. The van der Waals surface area contributed by atoms with E-state index in [-0.39, 0.29) is 6.10 Å². The van der Waals surface area contributed by atoms with Crippen molar-refractivity contribution in [2.75, 3.05) is 0 Å². The summed E-state index contributed by atoms with van der Waals surface area (Å²) < 4.78 is 0. The monoisotopic (exact) mass is 310 g/mol. The van der Waals surface area contributed by atoms with E-state index in [1.54, 1.807) is 0 Å². The molecule has 0 rings (SSSR count). The summed E-state index contributed by atoms with van der Waals surface area (Å²) in [5.74, 6) is -0.682. The summed E-state index contributed by atoms with van der Waals surface area (Å²) in [6.45, 7) is 2.10. The van der Waals surface area contributed by atoms with Crippen LogP contribution in [0.3, 0.4) is 0 Å². The van der Waals surface area contributed by atoms with Gasteiger partial charge in [0.1, 0.15) is 0 Å². The molecule has 2 N–H and O–H groups in total. The normalized spacial score (nSPS) is 13.2. The van der Waals surface area contributed by atoms with Crippen molar-refractivity contribution in [2.45, 2.75) is 90.1 Å². The van der Waals surface area contributed by atoms with Crippen molar-refractivity contribution in [1.82, 2.24) is 0 Å². The van der Waals surface area contributed by atoms with E-state index in [4.69, 9.17) is 5.11 Å². The van der Waals surface area contributed by atoms with Gasteiger partial charge in [-0.1, -0.05) is 63.3 Å². The Hall–Kier alpha value is -1.09. The Morgan fingerprint density at radius 3 is 2.00 bits per heavy atom. The molecule has 0 aromatic heterocycles. The van der Waals surface area contributed by atoms with Gasteiger partial charge >= 0.3 is 5.97 Å². The quantitative estimate of drug-likeness (QED) is 0.321. The molecule has 128 valence electrons. The number of rotatable bonds is 15. The highest BCUT2D eigenvalue weighted by Crippen LogP contribution is 2.10. The first kappa shape index (κ1) is 20.9. The molecule has 1 atom stereocenters. The van der Waals surface area contributed by atoms with Crippen molar-refractivity contribution in [2.24, 2.45) is 0 Å². The average Bonchev–Trinajstić information content (AvgIpc) is 2.48. The molecule has 3 heteroatoms. The molecule has 0 aliphatic rings. The van der Waals surface area contributed by atoms with E-state index in [1.807, 2.05) is 0 Å². The summed E-state index contributed by atoms with van der Waals surface area (Å²) in [5, 5.41) is 18.2. The summed E-state index contributed by atoms with van der Waals surface area (Å²) in [6, 6.07) is 0. The van der Waals surface area contributed by atoms with Crippen LogP contribution in [0.2, 0.25) is 0 Å². The van der Waals surface area contributed by atoms with E-state index in [1.165, 1.54) is 25.7 Å². The number of allylic oxidation sites excluding steroid dienone is 2. The van der Waals surface area contributed by atoms with Gasteiger partial charge in [-0.3, -0.25) is 4.79 Å². The average molecular weight is 310 g/mol. The number of aliphatic hydroxyl groups is 1. The van der Waals surface area contributed by atoms with Crippen LogP contribution in [0.5, 0.6) is 0 Å². The highest BCUT2D eigenvalue weighted by atomic mass is 16.4. The van der Waals surface area contributed by atoms with Gasteiger partial charge in [0.05, 0.1) is 6.10 Å². The zero-order valence-corrected chi connectivity index (χ0v) is 14.2. The fourth-order valence-electron chi connectivity index (χ4n) is 2.31. The minimum atomic E-state index is -0.682. The summed E-state index contributed by atoms with van der Waals surface area (Å²) in [7, 11) is 0. The third kappa shape index (κ3) is 17.0. The zero-order chi connectivity index (χ0) is 16.5. The van der Waals surface area contributed by atoms with Crippen LogP contribution in [0.4, 0.5) is 0 Å². The smallest absolute Gasteiger partial charge is 0.303 e. The molecule has 0 spiro atoms. The number of carbonyl (C=O) groups is 1. The van der Waals surface area contributed by atoms with E-state index in [2.05, 4.69) is 31.2 Å². The lowest BCUT2D eigenvalue weighted by Crippen LogP contribution is -2.02. The van der Waals surface area contributed by atoms with Gasteiger partial charge in [-0.25, -0.2) is 0 Å². The predicted octanol–water partition coefficient (Wildman–Crippen LogP) is 5.25. The fraction of sp³-hybridized carbons (Fsp3) is 0.737. The molecular formula is C19H34O3. The van der Waals surface area contributed by atoms with Crippen molar-refractivity contribution in [1.29, 1.82) is 0 Å². The Balaban J connectivity index is 3.26. The molecule has 0 saturated carbocycles. The van der Waals surface area contributed by atoms with Gasteiger partial charge in [-0.2, -0.15) is 0 Å². The fourth-order valence-corrected chi connectivity index (χ4v) is 2.31. The second-order valence-corrected chi connectivity index (χ2v) is 5.88. The molecule has 0 aromatic carbocycles. The molecule has 0 radical (unpaired) electrons. The molecule has 0 bridgehead atoms. The Labute approximate surface area is 136 Å². The molecule has 0 fully saturated rings. The standard InChI is InChI=1S/C19H34O3/c1-2-3-12-15-18(20)16-13-10-8-6-4-5-7-9-11-14-17-19(21)22/h3,10,12-13,18,20H,2,4-9,11,14-17H2,1H3,(H,21,22)/b12-3-,13-10-. The first-order valence-electron chi connectivity index (χ1n) is 8.86. The molecule has 22 heavy (non-hydrogen) atoms. The predicted molar refractivity (Wildman–Crippen MR) is 93.0 cm³/mol. The first-order valence-corrected chi connectivity index (χ1v) is 8.86. The highest BCUT2D eigenvalue weighted by molar-refractivity contribution is 5.66. The van der Waals surface area contributed by atoms with Crippen LogP contribution in [0.15, 0.2) is 24.3 Å². The molecule has 0 aliphatic heterocycles. The van der Waals surface area contributed by atoms with Gasteiger partial charge in [0, 0.05) is 6.42 Å². The molecular weight excluding hydrogens is 276 g/mol. The van der Waals surface area contributed by atoms with Gasteiger partial charge in [0.2, 0.25) is 0 Å². The van der Waals surface area contributed by atoms with E-state index in [0.29, 0.717) is 6.42 Å². The molecule has 3 nitrogen and oxygen atoms in total. The van der Waals surface area contributed by atoms with E-state index in [9.17, 15) is 9.90 Å². The lowest BCUT2D eigenvalue weighted by atomic mass is 10.1. The molecule has 0 saturated heterocycles. The topological polar surface area (TPSA) is 57.5 Å². The third-order valence-electron chi connectivity index (χ3n) is 3.65. The minimum Gasteiger partial charge on any atom is -0.481 e. The summed E-state index contributed by atoms with van der Waals surface area (Å²) in [6.07, 6.45) is 20.0. The largest absolute Gasteiger partial charge is 0.481 e. The Morgan fingerprint density at radius 2 is 1.41 bits per heavy atom. The van der Waals surface area contributed by atoms with Crippen LogP contribution >= 0.6 is 0 Å². The maximum absolute atomic E-state index is 10.3. The maximum atomic E-state index is 10.3. The van der Waals surface area contributed by atoms with Gasteiger partial charge in [-0.05, 0) is 38.5 Å². The lowest BCUT2D eigenvalue weighted by Gasteiger charge is -2.03. The number of unbranched alkanes of at least 4 members (excludes halogenated alkanes) is 7. The summed E-state index contributed by atoms with van der Waals surface area (Å²) in [4.78, 5) is 10.3. The van der Waals surface area contributed by atoms with Crippen molar-refractivity contribution < 1.29 is 15.0 Å². The molecule has 1 unspecified atom stereocenters. The molecule has 0 aliphatic carbocycles. The van der Waals surface area contributed by atoms with E-state index >= 15 is 0 Å². The Kier molecular flexibility index (Phi) is 15.5. The number of hydrogen-bond donors (Lipinski definition) is 2. The van der Waals surface area contributed by atoms with Gasteiger partial charge in [0.25, 0.3) is 0 Å².